The highest BCUT2D eigenvalue weighted by Crippen LogP contribution is 2.25. The lowest BCUT2D eigenvalue weighted by molar-refractivity contribution is -0.123. The van der Waals surface area contributed by atoms with Gasteiger partial charge in [-0.15, -0.1) is 11.3 Å². The molecular formula is C15H13Cl2NO3S. The third-order valence-electron chi connectivity index (χ3n) is 2.78. The van der Waals surface area contributed by atoms with Crippen LogP contribution in [0.2, 0.25) is 10.0 Å². The first-order chi connectivity index (χ1) is 10.4. The van der Waals surface area contributed by atoms with Gasteiger partial charge in [0.1, 0.15) is 4.88 Å². The van der Waals surface area contributed by atoms with E-state index in [2.05, 4.69) is 5.32 Å². The van der Waals surface area contributed by atoms with Gasteiger partial charge in [-0.25, -0.2) is 4.79 Å². The zero-order valence-electron chi connectivity index (χ0n) is 11.9. The quantitative estimate of drug-likeness (QED) is 0.816. The van der Waals surface area contributed by atoms with Gasteiger partial charge in [0.2, 0.25) is 0 Å². The lowest BCUT2D eigenvalue weighted by atomic mass is 10.3. The summed E-state index contributed by atoms with van der Waals surface area (Å²) in [7, 11) is 0. The van der Waals surface area contributed by atoms with E-state index in [0.29, 0.717) is 20.6 Å². The van der Waals surface area contributed by atoms with Gasteiger partial charge in [0.25, 0.3) is 5.91 Å². The molecule has 0 aliphatic rings. The molecule has 0 spiro atoms. The van der Waals surface area contributed by atoms with E-state index < -0.39 is 18.0 Å². The SMILES string of the molecule is Cc1ccc(C(=O)OC(C)C(=O)Nc2cc(Cl)ccc2Cl)s1. The van der Waals surface area contributed by atoms with Gasteiger partial charge in [-0.2, -0.15) is 0 Å². The Morgan fingerprint density at radius 3 is 2.59 bits per heavy atom. The average Bonchev–Trinajstić information content (AvgIpc) is 2.89. The number of aryl methyl sites for hydroxylation is 1. The number of ether oxygens (including phenoxy) is 1. The number of esters is 1. The van der Waals surface area contributed by atoms with Crippen molar-refractivity contribution in [2.45, 2.75) is 20.0 Å². The molecule has 0 radical (unpaired) electrons. The number of nitrogens with one attached hydrogen (secondary N) is 1. The van der Waals surface area contributed by atoms with Gasteiger partial charge < -0.3 is 10.1 Å². The van der Waals surface area contributed by atoms with Gasteiger partial charge in [0.05, 0.1) is 10.7 Å². The molecule has 1 atom stereocenters. The zero-order chi connectivity index (χ0) is 16.3. The average molecular weight is 358 g/mol. The van der Waals surface area contributed by atoms with E-state index in [1.165, 1.54) is 24.3 Å². The van der Waals surface area contributed by atoms with Crippen LogP contribution in [0.25, 0.3) is 0 Å². The smallest absolute Gasteiger partial charge is 0.349 e. The number of hydrogen-bond acceptors (Lipinski definition) is 4. The Morgan fingerprint density at radius 2 is 1.95 bits per heavy atom. The van der Waals surface area contributed by atoms with E-state index >= 15 is 0 Å². The van der Waals surface area contributed by atoms with Crippen molar-refractivity contribution >= 4 is 52.1 Å². The van der Waals surface area contributed by atoms with Crippen LogP contribution in [0.3, 0.4) is 0 Å². The maximum atomic E-state index is 12.1. The molecule has 0 saturated carbocycles. The molecule has 0 saturated heterocycles. The summed E-state index contributed by atoms with van der Waals surface area (Å²) in [5.41, 5.74) is 0.369. The fraction of sp³-hybridized carbons (Fsp3) is 0.200. The molecule has 0 aliphatic carbocycles. The van der Waals surface area contributed by atoms with Crippen molar-refractivity contribution in [3.8, 4) is 0 Å². The van der Waals surface area contributed by atoms with E-state index in [1.807, 2.05) is 13.0 Å². The Labute approximate surface area is 142 Å². The highest BCUT2D eigenvalue weighted by Gasteiger charge is 2.20. The van der Waals surface area contributed by atoms with E-state index in [0.717, 1.165) is 4.88 Å². The minimum Gasteiger partial charge on any atom is -0.448 e. The molecule has 0 bridgehead atoms. The minimum absolute atomic E-state index is 0.352. The van der Waals surface area contributed by atoms with Crippen LogP contribution >= 0.6 is 34.5 Å². The van der Waals surface area contributed by atoms with Crippen molar-refractivity contribution in [3.05, 3.63) is 50.1 Å². The number of anilines is 1. The zero-order valence-corrected chi connectivity index (χ0v) is 14.2. The second-order valence-electron chi connectivity index (χ2n) is 4.57. The van der Waals surface area contributed by atoms with Gasteiger partial charge >= 0.3 is 5.97 Å². The first-order valence-electron chi connectivity index (χ1n) is 6.40. The molecule has 0 fully saturated rings. The first kappa shape index (κ1) is 16.8. The van der Waals surface area contributed by atoms with Crippen LogP contribution < -0.4 is 5.32 Å². The van der Waals surface area contributed by atoms with Crippen LogP contribution in [-0.2, 0) is 9.53 Å². The minimum atomic E-state index is -0.954. The summed E-state index contributed by atoms with van der Waals surface area (Å²) in [5, 5.41) is 3.38. The number of hydrogen-bond donors (Lipinski definition) is 1. The molecule has 1 amide bonds. The van der Waals surface area contributed by atoms with Gasteiger partial charge in [-0.05, 0) is 44.2 Å². The lowest BCUT2D eigenvalue weighted by Crippen LogP contribution is -2.29. The molecule has 1 unspecified atom stereocenters. The molecule has 1 aromatic heterocycles. The Morgan fingerprint density at radius 1 is 1.23 bits per heavy atom. The lowest BCUT2D eigenvalue weighted by Gasteiger charge is -2.14. The maximum Gasteiger partial charge on any atom is 0.349 e. The molecule has 4 nitrogen and oxygen atoms in total. The summed E-state index contributed by atoms with van der Waals surface area (Å²) in [6.45, 7) is 3.38. The monoisotopic (exact) mass is 357 g/mol. The fourth-order valence-corrected chi connectivity index (χ4v) is 2.73. The molecule has 2 aromatic rings. The van der Waals surface area contributed by atoms with Crippen LogP contribution in [0, 0.1) is 6.92 Å². The largest absolute Gasteiger partial charge is 0.448 e. The topological polar surface area (TPSA) is 55.4 Å². The molecule has 1 heterocycles. The third-order valence-corrected chi connectivity index (χ3v) is 4.33. The second-order valence-corrected chi connectivity index (χ2v) is 6.70. The number of amides is 1. The predicted molar refractivity (Wildman–Crippen MR) is 89.0 cm³/mol. The van der Waals surface area contributed by atoms with Gasteiger partial charge in [0.15, 0.2) is 6.10 Å². The van der Waals surface area contributed by atoms with Crippen LogP contribution in [0.15, 0.2) is 30.3 Å². The van der Waals surface area contributed by atoms with Crippen molar-refractivity contribution in [2.24, 2.45) is 0 Å². The van der Waals surface area contributed by atoms with E-state index in [1.54, 1.807) is 18.2 Å². The summed E-state index contributed by atoms with van der Waals surface area (Å²) in [4.78, 5) is 25.4. The van der Waals surface area contributed by atoms with E-state index in [4.69, 9.17) is 27.9 Å². The molecule has 0 aliphatic heterocycles. The molecule has 1 N–H and O–H groups in total. The Kier molecular flexibility index (Phi) is 5.45. The Balaban J connectivity index is 2.00. The van der Waals surface area contributed by atoms with E-state index in [9.17, 15) is 9.59 Å². The third kappa shape index (κ3) is 4.22. The molecule has 116 valence electrons. The summed E-state index contributed by atoms with van der Waals surface area (Å²) < 4.78 is 5.14. The predicted octanol–water partition coefficient (Wildman–Crippen LogP) is 4.55. The number of rotatable bonds is 4. The number of carbonyl (C=O) groups is 2. The maximum absolute atomic E-state index is 12.1. The first-order valence-corrected chi connectivity index (χ1v) is 7.97. The van der Waals surface area contributed by atoms with Crippen molar-refractivity contribution < 1.29 is 14.3 Å². The number of carbonyl (C=O) groups excluding carboxylic acids is 2. The molecular weight excluding hydrogens is 345 g/mol. The number of benzene rings is 1. The number of halogens is 2. The number of thiophene rings is 1. The second kappa shape index (κ2) is 7.13. The van der Waals surface area contributed by atoms with Gasteiger partial charge in [0, 0.05) is 9.90 Å². The van der Waals surface area contributed by atoms with Crippen LogP contribution in [0.5, 0.6) is 0 Å². The van der Waals surface area contributed by atoms with Crippen molar-refractivity contribution in [3.63, 3.8) is 0 Å². The summed E-state index contributed by atoms with van der Waals surface area (Å²) in [5.74, 6) is -1.01. The summed E-state index contributed by atoms with van der Waals surface area (Å²) >= 11 is 13.1. The van der Waals surface area contributed by atoms with Crippen LogP contribution in [0.4, 0.5) is 5.69 Å². The molecule has 7 heteroatoms. The molecule has 22 heavy (non-hydrogen) atoms. The van der Waals surface area contributed by atoms with Gasteiger partial charge in [-0.1, -0.05) is 23.2 Å². The van der Waals surface area contributed by atoms with Gasteiger partial charge in [-0.3, -0.25) is 4.79 Å². The van der Waals surface area contributed by atoms with Crippen molar-refractivity contribution in [1.29, 1.82) is 0 Å². The van der Waals surface area contributed by atoms with Crippen LogP contribution in [-0.4, -0.2) is 18.0 Å². The summed E-state index contributed by atoms with van der Waals surface area (Å²) in [6.07, 6.45) is -0.954. The van der Waals surface area contributed by atoms with Crippen molar-refractivity contribution in [1.82, 2.24) is 0 Å². The Bertz CT molecular complexity index is 715. The van der Waals surface area contributed by atoms with Crippen molar-refractivity contribution in [2.75, 3.05) is 5.32 Å². The summed E-state index contributed by atoms with van der Waals surface area (Å²) in [6, 6.07) is 8.20. The normalized spacial score (nSPS) is 11.8. The van der Waals surface area contributed by atoms with Crippen LogP contribution in [0.1, 0.15) is 21.5 Å². The molecule has 1 aromatic carbocycles. The fourth-order valence-electron chi connectivity index (χ4n) is 1.64. The van der Waals surface area contributed by atoms with E-state index in [-0.39, 0.29) is 0 Å². The Hall–Kier alpha value is -1.56. The highest BCUT2D eigenvalue weighted by atomic mass is 35.5. The highest BCUT2D eigenvalue weighted by molar-refractivity contribution is 7.13. The molecule has 2 rings (SSSR count). The standard InChI is InChI=1S/C15H13Cl2NO3S/c1-8-3-6-13(22-8)15(20)21-9(2)14(19)18-12-7-10(16)4-5-11(12)17/h3-7,9H,1-2H3,(H,18,19).